The summed E-state index contributed by atoms with van der Waals surface area (Å²) in [5.74, 6) is -0.471. The van der Waals surface area contributed by atoms with E-state index in [-0.39, 0.29) is 26.4 Å². The van der Waals surface area contributed by atoms with Crippen LogP contribution in [0.2, 0.25) is 0 Å². The van der Waals surface area contributed by atoms with Crippen LogP contribution in [0.5, 0.6) is 0 Å². The highest BCUT2D eigenvalue weighted by atomic mass is 35.5. The summed E-state index contributed by atoms with van der Waals surface area (Å²) in [4.78, 5) is 52.8. The van der Waals surface area contributed by atoms with Gasteiger partial charge < -0.3 is 45.2 Å². The van der Waals surface area contributed by atoms with E-state index in [0.717, 1.165) is 32.2 Å². The maximum Gasteiger partial charge on any atom is 0.508 e. The lowest BCUT2D eigenvalue weighted by Gasteiger charge is -2.07. The van der Waals surface area contributed by atoms with E-state index < -0.39 is 29.6 Å². The number of halogens is 1. The normalized spacial score (nSPS) is 10.8. The molecule has 1 heterocycles. The van der Waals surface area contributed by atoms with Crippen LogP contribution in [0.4, 0.5) is 14.4 Å². The summed E-state index contributed by atoms with van der Waals surface area (Å²) in [7, 11) is 0. The van der Waals surface area contributed by atoms with Gasteiger partial charge >= 0.3 is 24.3 Å². The number of ether oxygens (including phenoxy) is 5. The van der Waals surface area contributed by atoms with Crippen LogP contribution in [0.25, 0.3) is 0 Å². The van der Waals surface area contributed by atoms with Crippen molar-refractivity contribution in [1.29, 1.82) is 0 Å². The first-order valence-electron chi connectivity index (χ1n) is 20.4. The molecule has 1 aliphatic heterocycles. The Kier molecular flexibility index (Phi) is 52.6. The van der Waals surface area contributed by atoms with Crippen molar-refractivity contribution in [2.24, 2.45) is 5.73 Å². The van der Waals surface area contributed by atoms with Crippen LogP contribution in [0, 0.1) is 0 Å². The number of esters is 1. The van der Waals surface area contributed by atoms with Gasteiger partial charge in [0, 0.05) is 24.2 Å². The molecule has 14 nitrogen and oxygen atoms in total. The Labute approximate surface area is 343 Å². The minimum atomic E-state index is -0.546. The van der Waals surface area contributed by atoms with Crippen LogP contribution < -0.4 is 16.4 Å². The Morgan fingerprint density at radius 2 is 1.00 bits per heavy atom. The minimum absolute atomic E-state index is 0.0517. The van der Waals surface area contributed by atoms with Crippen molar-refractivity contribution in [3.63, 3.8) is 0 Å². The topological polar surface area (TPSA) is 202 Å². The van der Waals surface area contributed by atoms with E-state index in [1.165, 1.54) is 89.9 Å². The number of amides is 2. The molecule has 0 bridgehead atoms. The number of aliphatic hydroxyl groups excluding tert-OH is 1. The van der Waals surface area contributed by atoms with Gasteiger partial charge in [0.05, 0.1) is 6.61 Å². The van der Waals surface area contributed by atoms with Crippen molar-refractivity contribution in [3.8, 4) is 0 Å². The zero-order valence-electron chi connectivity index (χ0n) is 35.5. The lowest BCUT2D eigenvalue weighted by molar-refractivity contribution is -0.139. The minimum Gasteiger partial charge on any atom is -0.459 e. The zero-order chi connectivity index (χ0) is 43.1. The van der Waals surface area contributed by atoms with Crippen molar-refractivity contribution >= 4 is 41.2 Å². The summed E-state index contributed by atoms with van der Waals surface area (Å²) >= 11 is 4.87. The zero-order valence-corrected chi connectivity index (χ0v) is 36.2. The Morgan fingerprint density at radius 1 is 0.643 bits per heavy atom. The second-order valence-electron chi connectivity index (χ2n) is 12.9. The molecule has 0 atom stereocenters. The molecule has 0 aliphatic carbocycles. The fraction of sp³-hybridized carbons (Fsp3) is 0.780. The molecule has 2 amide bonds. The summed E-state index contributed by atoms with van der Waals surface area (Å²) in [6.45, 7) is 19.5. The number of rotatable bonds is 27. The number of alkyl carbamates (subject to hydrolysis) is 2. The van der Waals surface area contributed by atoms with Crippen molar-refractivity contribution in [2.45, 2.75) is 150 Å². The largest absolute Gasteiger partial charge is 0.508 e. The monoisotopic (exact) mass is 824 g/mol. The van der Waals surface area contributed by atoms with Gasteiger partial charge in [0.25, 0.3) is 0 Å². The number of nitrogens with one attached hydrogen (secondary N) is 2. The number of unbranched alkanes of at least 4 members (excludes halogenated alkanes) is 15. The summed E-state index contributed by atoms with van der Waals surface area (Å²) in [5, 5.41) is 13.2. The predicted octanol–water partition coefficient (Wildman–Crippen LogP) is 9.04. The van der Waals surface area contributed by atoms with Gasteiger partial charge in [-0.25, -0.2) is 19.2 Å². The van der Waals surface area contributed by atoms with Crippen molar-refractivity contribution in [2.75, 3.05) is 59.3 Å². The van der Waals surface area contributed by atoms with Crippen LogP contribution in [-0.4, -0.2) is 93.9 Å². The molecule has 330 valence electrons. The average Bonchev–Trinajstić information content (AvgIpc) is 3.66. The van der Waals surface area contributed by atoms with Gasteiger partial charge in [-0.3, -0.25) is 4.79 Å². The number of hydrogen-bond donors (Lipinski definition) is 4. The SMILES string of the molecule is C=C(C)C(=O)Cl.C=C(C)C(=O)OCCOC(=O)NCCCCCCCC.CCCCCCCCN.CCCCCCCCNC(=O)OCCO.O=C1OCCO1. The first-order chi connectivity index (χ1) is 26.8. The Bertz CT molecular complexity index is 958. The van der Waals surface area contributed by atoms with Crippen molar-refractivity contribution < 1.29 is 52.8 Å². The quantitative estimate of drug-likeness (QED) is 0.0202. The van der Waals surface area contributed by atoms with Gasteiger partial charge in [-0.05, 0) is 51.3 Å². The van der Waals surface area contributed by atoms with Gasteiger partial charge in [-0.15, -0.1) is 0 Å². The highest BCUT2D eigenvalue weighted by Crippen LogP contribution is 2.05. The summed E-state index contributed by atoms with van der Waals surface area (Å²) in [5.41, 5.74) is 6.06. The van der Waals surface area contributed by atoms with E-state index in [2.05, 4.69) is 58.8 Å². The van der Waals surface area contributed by atoms with Crippen molar-refractivity contribution in [1.82, 2.24) is 10.6 Å². The summed E-state index contributed by atoms with van der Waals surface area (Å²) in [6, 6.07) is 0. The number of carbonyl (C=O) groups excluding carboxylic acids is 5. The van der Waals surface area contributed by atoms with E-state index in [4.69, 9.17) is 31.9 Å². The predicted molar refractivity (Wildman–Crippen MR) is 224 cm³/mol. The molecule has 1 saturated heterocycles. The smallest absolute Gasteiger partial charge is 0.459 e. The molecule has 0 radical (unpaired) electrons. The Balaban J connectivity index is -0.000000327. The number of nitrogens with two attached hydrogens (primary N) is 1. The molecule has 1 rings (SSSR count). The van der Waals surface area contributed by atoms with Crippen LogP contribution in [-0.2, 0) is 33.3 Å². The van der Waals surface area contributed by atoms with Crippen LogP contribution in [0.1, 0.15) is 150 Å². The van der Waals surface area contributed by atoms with Gasteiger partial charge in [0.1, 0.15) is 33.0 Å². The third kappa shape index (κ3) is 57.4. The lowest BCUT2D eigenvalue weighted by atomic mass is 10.1. The second-order valence-corrected chi connectivity index (χ2v) is 13.2. The van der Waals surface area contributed by atoms with Crippen LogP contribution in [0.3, 0.4) is 0 Å². The third-order valence-electron chi connectivity index (χ3n) is 7.24. The van der Waals surface area contributed by atoms with Crippen LogP contribution >= 0.6 is 11.6 Å². The average molecular weight is 825 g/mol. The van der Waals surface area contributed by atoms with E-state index in [9.17, 15) is 24.0 Å². The first-order valence-corrected chi connectivity index (χ1v) is 20.8. The number of cyclic esters (lactones) is 2. The second kappa shape index (κ2) is 49.7. The maximum absolute atomic E-state index is 11.3. The van der Waals surface area contributed by atoms with Crippen LogP contribution in [0.15, 0.2) is 24.3 Å². The van der Waals surface area contributed by atoms with Gasteiger partial charge in [0.2, 0.25) is 5.24 Å². The lowest BCUT2D eigenvalue weighted by Crippen LogP contribution is -2.26. The molecule has 0 saturated carbocycles. The molecule has 0 unspecified atom stereocenters. The Hall–Kier alpha value is -3.36. The van der Waals surface area contributed by atoms with Gasteiger partial charge in [0.15, 0.2) is 0 Å². The third-order valence-corrected chi connectivity index (χ3v) is 7.56. The van der Waals surface area contributed by atoms with E-state index >= 15 is 0 Å². The molecule has 5 N–H and O–H groups in total. The van der Waals surface area contributed by atoms with Gasteiger partial charge in [-0.1, -0.05) is 130 Å². The first kappa shape index (κ1) is 59.3. The fourth-order valence-electron chi connectivity index (χ4n) is 4.04. The number of aliphatic hydroxyl groups is 1. The number of allylic oxidation sites excluding steroid dienone is 1. The molecular formula is C41H78ClN3O11. The number of hydrogen-bond acceptors (Lipinski definition) is 12. The molecule has 0 aromatic rings. The molecule has 0 aromatic carbocycles. The molecule has 15 heteroatoms. The molecule has 1 fully saturated rings. The molecule has 0 spiro atoms. The fourth-order valence-corrected chi connectivity index (χ4v) is 4.04. The highest BCUT2D eigenvalue weighted by Gasteiger charge is 2.09. The van der Waals surface area contributed by atoms with E-state index in [0.29, 0.717) is 37.4 Å². The molecule has 56 heavy (non-hydrogen) atoms. The molecule has 0 aromatic heterocycles. The summed E-state index contributed by atoms with van der Waals surface area (Å²) < 4.78 is 22.9. The van der Waals surface area contributed by atoms with Gasteiger partial charge in [-0.2, -0.15) is 0 Å². The van der Waals surface area contributed by atoms with Crippen molar-refractivity contribution in [3.05, 3.63) is 24.3 Å². The Morgan fingerprint density at radius 3 is 1.32 bits per heavy atom. The summed E-state index contributed by atoms with van der Waals surface area (Å²) in [6.07, 6.45) is 20.9. The maximum atomic E-state index is 11.3. The number of carbonyl (C=O) groups is 5. The van der Waals surface area contributed by atoms with E-state index in [1.807, 2.05) is 0 Å². The molecule has 1 aliphatic rings. The highest BCUT2D eigenvalue weighted by molar-refractivity contribution is 6.67. The van der Waals surface area contributed by atoms with E-state index in [1.54, 1.807) is 13.8 Å². The molecular weight excluding hydrogens is 746 g/mol. The standard InChI is InChI=1S/C15H27NO4.C11H23NO3.C8H19N.C4H5ClO.C3H4O3/c1-4-5-6-7-8-9-10-16-15(18)20-12-11-19-14(17)13(2)3;1-2-3-4-5-6-7-8-12-11(14)15-10-9-13;1-2-3-4-5-6-7-8-9;1-3(2)4(5)6;4-3-5-1-2-6-3/h2,4-12H2,1,3H3,(H,16,18);13H,2-10H2,1H3,(H,12,14);2-9H2,1H3;1H2,2H3;1-2H2.